The molecule has 3 heterocycles. The van der Waals surface area contributed by atoms with Crippen molar-refractivity contribution in [3.63, 3.8) is 0 Å². The lowest BCUT2D eigenvalue weighted by Gasteiger charge is -2.34. The topological polar surface area (TPSA) is 56.1 Å². The van der Waals surface area contributed by atoms with Crippen molar-refractivity contribution in [1.82, 2.24) is 19.7 Å². The number of aromatic nitrogens is 4. The minimum Gasteiger partial charge on any atom is -0.370 e. The number of rotatable bonds is 2. The van der Waals surface area contributed by atoms with Crippen LogP contribution in [0.25, 0.3) is 11.0 Å². The van der Waals surface area contributed by atoms with Gasteiger partial charge in [-0.05, 0) is 17.7 Å². The second kappa shape index (κ2) is 5.58. The van der Waals surface area contributed by atoms with Crippen molar-refractivity contribution < 1.29 is 9.13 Å². The van der Waals surface area contributed by atoms with E-state index in [1.165, 1.54) is 12.1 Å². The number of hydrogen-bond donors (Lipinski definition) is 0. The predicted molar refractivity (Wildman–Crippen MR) is 83.6 cm³/mol. The van der Waals surface area contributed by atoms with E-state index in [4.69, 9.17) is 4.74 Å². The molecule has 1 fully saturated rings. The predicted octanol–water partition coefficient (Wildman–Crippen LogP) is 2.08. The van der Waals surface area contributed by atoms with E-state index in [0.29, 0.717) is 13.2 Å². The van der Waals surface area contributed by atoms with E-state index >= 15 is 0 Å². The largest absolute Gasteiger partial charge is 0.370 e. The summed E-state index contributed by atoms with van der Waals surface area (Å²) >= 11 is 0. The van der Waals surface area contributed by atoms with Gasteiger partial charge in [0.25, 0.3) is 0 Å². The normalized spacial score (nSPS) is 18.5. The first kappa shape index (κ1) is 14.1. The van der Waals surface area contributed by atoms with Crippen LogP contribution in [-0.4, -0.2) is 39.4 Å². The highest BCUT2D eigenvalue weighted by atomic mass is 19.1. The zero-order valence-corrected chi connectivity index (χ0v) is 12.7. The Morgan fingerprint density at radius 3 is 2.87 bits per heavy atom. The number of fused-ring (bicyclic) bond motifs is 1. The Kier molecular flexibility index (Phi) is 3.42. The third-order valence-corrected chi connectivity index (χ3v) is 4.12. The quantitative estimate of drug-likeness (QED) is 0.725. The Balaban J connectivity index is 1.65. The van der Waals surface area contributed by atoms with Crippen LogP contribution in [0, 0.1) is 5.82 Å². The lowest BCUT2D eigenvalue weighted by Crippen LogP contribution is -2.39. The number of ether oxygens (including phenoxy) is 1. The fourth-order valence-corrected chi connectivity index (χ4v) is 2.92. The summed E-state index contributed by atoms with van der Waals surface area (Å²) in [7, 11) is 1.86. The highest BCUT2D eigenvalue weighted by molar-refractivity contribution is 5.86. The molecule has 6 nitrogen and oxygen atoms in total. The maximum Gasteiger partial charge on any atom is 0.163 e. The van der Waals surface area contributed by atoms with Crippen molar-refractivity contribution in [2.75, 3.05) is 24.6 Å². The first-order valence-electron chi connectivity index (χ1n) is 7.47. The lowest BCUT2D eigenvalue weighted by atomic mass is 10.1. The number of anilines is 1. The minimum absolute atomic E-state index is 0.106. The molecule has 23 heavy (non-hydrogen) atoms. The average Bonchev–Trinajstić information content (AvgIpc) is 2.97. The molecule has 1 unspecified atom stereocenters. The van der Waals surface area contributed by atoms with Gasteiger partial charge in [-0.2, -0.15) is 5.10 Å². The van der Waals surface area contributed by atoms with E-state index in [1.807, 2.05) is 7.05 Å². The van der Waals surface area contributed by atoms with Gasteiger partial charge < -0.3 is 9.64 Å². The molecule has 0 N–H and O–H groups in total. The molecule has 1 atom stereocenters. The SMILES string of the molecule is Cn1ncc2c(N3CCOC(c4ccc(F)cc4)C3)ncnc21. The van der Waals surface area contributed by atoms with Gasteiger partial charge in [-0.3, -0.25) is 4.68 Å². The molecule has 3 aromatic rings. The Morgan fingerprint density at radius 1 is 1.22 bits per heavy atom. The van der Waals surface area contributed by atoms with E-state index in [9.17, 15) is 4.39 Å². The number of aryl methyl sites for hydroxylation is 1. The Hall–Kier alpha value is -2.54. The molecular formula is C16H16FN5O. The lowest BCUT2D eigenvalue weighted by molar-refractivity contribution is 0.0396. The van der Waals surface area contributed by atoms with Gasteiger partial charge in [0.2, 0.25) is 0 Å². The van der Waals surface area contributed by atoms with Crippen LogP contribution in [0.2, 0.25) is 0 Å². The maximum atomic E-state index is 13.1. The standard InChI is InChI=1S/C16H16FN5O/c1-21-15-13(8-20-21)16(19-10-18-15)22-6-7-23-14(9-22)11-2-4-12(17)5-3-11/h2-5,8,10,14H,6-7,9H2,1H3. The summed E-state index contributed by atoms with van der Waals surface area (Å²) in [6.45, 7) is 2.00. The van der Waals surface area contributed by atoms with Gasteiger partial charge >= 0.3 is 0 Å². The summed E-state index contributed by atoms with van der Waals surface area (Å²) in [5.74, 6) is 0.618. The van der Waals surface area contributed by atoms with Crippen LogP contribution in [0.5, 0.6) is 0 Å². The minimum atomic E-state index is -0.241. The summed E-state index contributed by atoms with van der Waals surface area (Å²) in [4.78, 5) is 10.9. The number of nitrogens with zero attached hydrogens (tertiary/aromatic N) is 5. The van der Waals surface area contributed by atoms with Crippen LogP contribution in [-0.2, 0) is 11.8 Å². The number of morpholine rings is 1. The third kappa shape index (κ3) is 2.53. The van der Waals surface area contributed by atoms with E-state index in [0.717, 1.165) is 29.0 Å². The van der Waals surface area contributed by atoms with Gasteiger partial charge in [0.05, 0.1) is 18.2 Å². The molecule has 0 aliphatic carbocycles. The molecule has 0 saturated carbocycles. The monoisotopic (exact) mass is 313 g/mol. The zero-order valence-electron chi connectivity index (χ0n) is 12.7. The molecule has 0 bridgehead atoms. The number of halogens is 1. The molecule has 1 aliphatic heterocycles. The van der Waals surface area contributed by atoms with E-state index in [-0.39, 0.29) is 11.9 Å². The van der Waals surface area contributed by atoms with E-state index < -0.39 is 0 Å². The van der Waals surface area contributed by atoms with Gasteiger partial charge in [-0.15, -0.1) is 0 Å². The molecule has 0 spiro atoms. The molecule has 7 heteroatoms. The molecule has 1 aliphatic rings. The Labute approximate surface area is 132 Å². The smallest absolute Gasteiger partial charge is 0.163 e. The van der Waals surface area contributed by atoms with Crippen molar-refractivity contribution in [3.8, 4) is 0 Å². The fourth-order valence-electron chi connectivity index (χ4n) is 2.92. The second-order valence-electron chi connectivity index (χ2n) is 5.56. The van der Waals surface area contributed by atoms with Gasteiger partial charge in [0, 0.05) is 20.1 Å². The molecule has 2 aromatic heterocycles. The summed E-state index contributed by atoms with van der Waals surface area (Å²) in [5.41, 5.74) is 1.77. The first-order chi connectivity index (χ1) is 11.2. The van der Waals surface area contributed by atoms with Gasteiger partial charge in [0.1, 0.15) is 24.1 Å². The van der Waals surface area contributed by atoms with Crippen LogP contribution in [0.3, 0.4) is 0 Å². The van der Waals surface area contributed by atoms with Crippen molar-refractivity contribution in [1.29, 1.82) is 0 Å². The highest BCUT2D eigenvalue weighted by Crippen LogP contribution is 2.28. The molecular weight excluding hydrogens is 297 g/mol. The summed E-state index contributed by atoms with van der Waals surface area (Å²) in [6.07, 6.45) is 3.24. The van der Waals surface area contributed by atoms with Gasteiger partial charge in [-0.25, -0.2) is 14.4 Å². The van der Waals surface area contributed by atoms with Crippen LogP contribution in [0.1, 0.15) is 11.7 Å². The average molecular weight is 313 g/mol. The second-order valence-corrected chi connectivity index (χ2v) is 5.56. The van der Waals surface area contributed by atoms with Crippen LogP contribution in [0.4, 0.5) is 10.2 Å². The van der Waals surface area contributed by atoms with Crippen molar-refractivity contribution >= 4 is 16.9 Å². The maximum absolute atomic E-state index is 13.1. The van der Waals surface area contributed by atoms with Gasteiger partial charge in [-0.1, -0.05) is 12.1 Å². The van der Waals surface area contributed by atoms with E-state index in [2.05, 4.69) is 20.0 Å². The molecule has 1 aromatic carbocycles. The molecule has 1 saturated heterocycles. The molecule has 4 rings (SSSR count). The number of hydrogen-bond acceptors (Lipinski definition) is 5. The Bertz CT molecular complexity index is 832. The van der Waals surface area contributed by atoms with Crippen LogP contribution < -0.4 is 4.90 Å². The van der Waals surface area contributed by atoms with E-state index in [1.54, 1.807) is 29.3 Å². The van der Waals surface area contributed by atoms with Crippen LogP contribution in [0.15, 0.2) is 36.8 Å². The van der Waals surface area contributed by atoms with Gasteiger partial charge in [0.15, 0.2) is 5.65 Å². The van der Waals surface area contributed by atoms with Crippen molar-refractivity contribution in [2.24, 2.45) is 7.05 Å². The third-order valence-electron chi connectivity index (χ3n) is 4.12. The highest BCUT2D eigenvalue weighted by Gasteiger charge is 2.25. The zero-order chi connectivity index (χ0) is 15.8. The summed E-state index contributed by atoms with van der Waals surface area (Å²) in [5, 5.41) is 5.18. The Morgan fingerprint density at radius 2 is 2.04 bits per heavy atom. The van der Waals surface area contributed by atoms with Crippen molar-refractivity contribution in [2.45, 2.75) is 6.10 Å². The fraction of sp³-hybridized carbons (Fsp3) is 0.312. The summed E-state index contributed by atoms with van der Waals surface area (Å²) in [6, 6.07) is 6.45. The van der Waals surface area contributed by atoms with Crippen LogP contribution >= 0.6 is 0 Å². The number of benzene rings is 1. The van der Waals surface area contributed by atoms with Crippen molar-refractivity contribution in [3.05, 3.63) is 48.2 Å². The molecule has 0 amide bonds. The summed E-state index contributed by atoms with van der Waals surface area (Å²) < 4.78 is 20.7. The first-order valence-corrected chi connectivity index (χ1v) is 7.47. The molecule has 118 valence electrons. The molecule has 0 radical (unpaired) electrons.